The molecule has 0 aliphatic heterocycles. The maximum atomic E-state index is 13.6. The number of allylic oxidation sites excluding steroid dienone is 3. The largest absolute Gasteiger partial charge is 0.508 e. The molecule has 1 aliphatic carbocycles. The van der Waals surface area contributed by atoms with Crippen molar-refractivity contribution in [2.45, 2.75) is 30.4 Å². The monoisotopic (exact) mass is 346 g/mol. The van der Waals surface area contributed by atoms with Crippen molar-refractivity contribution in [1.29, 1.82) is 0 Å². The number of carbonyl (C=O) groups is 1. The second-order valence-electron chi connectivity index (χ2n) is 5.06. The Morgan fingerprint density at radius 1 is 1.26 bits per heavy atom. The van der Waals surface area contributed by atoms with Crippen LogP contribution in [-0.4, -0.2) is 23.2 Å². The second-order valence-corrected chi connectivity index (χ2v) is 6.34. The van der Waals surface area contributed by atoms with E-state index in [1.807, 2.05) is 0 Å². The van der Waals surface area contributed by atoms with E-state index in [-0.39, 0.29) is 17.1 Å². The van der Waals surface area contributed by atoms with Crippen molar-refractivity contribution < 1.29 is 27.5 Å². The summed E-state index contributed by atoms with van der Waals surface area (Å²) in [4.78, 5) is 11.6. The summed E-state index contributed by atoms with van der Waals surface area (Å²) in [6.45, 7) is 0. The zero-order chi connectivity index (χ0) is 17.0. The third kappa shape index (κ3) is 5.42. The molecule has 2 rings (SSSR count). The van der Waals surface area contributed by atoms with E-state index in [9.17, 15) is 27.5 Å². The van der Waals surface area contributed by atoms with Crippen molar-refractivity contribution in [2.24, 2.45) is 0 Å². The molecule has 2 unspecified atom stereocenters. The van der Waals surface area contributed by atoms with Gasteiger partial charge in [0.25, 0.3) is 0 Å². The predicted octanol–water partition coefficient (Wildman–Crippen LogP) is 4.87. The first kappa shape index (κ1) is 17.6. The van der Waals surface area contributed by atoms with Gasteiger partial charge in [0, 0.05) is 16.6 Å². The highest BCUT2D eigenvalue weighted by Crippen LogP contribution is 2.43. The van der Waals surface area contributed by atoms with Crippen LogP contribution in [0.2, 0.25) is 0 Å². The Morgan fingerprint density at radius 3 is 2.52 bits per heavy atom. The van der Waals surface area contributed by atoms with E-state index in [2.05, 4.69) is 0 Å². The van der Waals surface area contributed by atoms with Gasteiger partial charge in [-0.3, -0.25) is 4.79 Å². The fourth-order valence-electron chi connectivity index (χ4n) is 2.07. The molecule has 2 atom stereocenters. The summed E-state index contributed by atoms with van der Waals surface area (Å²) in [5.41, 5.74) is 0.366. The Kier molecular flexibility index (Phi) is 5.51. The summed E-state index contributed by atoms with van der Waals surface area (Å²) in [7, 11) is 0. The molecule has 23 heavy (non-hydrogen) atoms. The van der Waals surface area contributed by atoms with Crippen LogP contribution in [0.5, 0.6) is 5.75 Å². The van der Waals surface area contributed by atoms with Gasteiger partial charge in [0.15, 0.2) is 12.0 Å². The molecule has 0 spiro atoms. The lowest BCUT2D eigenvalue weighted by molar-refractivity contribution is -0.134. The van der Waals surface area contributed by atoms with Gasteiger partial charge in [0.2, 0.25) is 0 Å². The van der Waals surface area contributed by atoms with Crippen molar-refractivity contribution in [1.82, 2.24) is 0 Å². The number of thioether (sulfide) groups is 1. The number of hydrogen-bond acceptors (Lipinski definition) is 3. The molecule has 7 heteroatoms. The zero-order valence-electron chi connectivity index (χ0n) is 11.9. The van der Waals surface area contributed by atoms with Crippen LogP contribution in [0.4, 0.5) is 17.6 Å². The minimum atomic E-state index is -4.39. The van der Waals surface area contributed by atoms with Crippen molar-refractivity contribution in [3.8, 4) is 5.75 Å². The molecule has 0 heterocycles. The molecule has 124 valence electrons. The normalized spacial score (nSPS) is 20.1. The molecule has 2 nitrogen and oxygen atoms in total. The lowest BCUT2D eigenvalue weighted by Gasteiger charge is -2.19. The van der Waals surface area contributed by atoms with Gasteiger partial charge in [0.05, 0.1) is 6.42 Å². The van der Waals surface area contributed by atoms with E-state index in [0.29, 0.717) is 5.56 Å². The van der Waals surface area contributed by atoms with E-state index in [1.165, 1.54) is 36.4 Å². The summed E-state index contributed by atoms with van der Waals surface area (Å²) in [6.07, 6.45) is -3.42. The SMILES string of the molecule is O=C1CC=CC(SC(CC(F)(F)F)c2ccc(O)cc2)=CC1F. The van der Waals surface area contributed by atoms with Crippen LogP contribution in [0.3, 0.4) is 0 Å². The molecule has 0 saturated carbocycles. The fourth-order valence-corrected chi connectivity index (χ4v) is 3.33. The van der Waals surface area contributed by atoms with Gasteiger partial charge >= 0.3 is 6.18 Å². The molecule has 0 fully saturated rings. The molecule has 1 aromatic carbocycles. The average Bonchev–Trinajstić information content (AvgIpc) is 2.60. The van der Waals surface area contributed by atoms with Crippen LogP contribution in [0.1, 0.15) is 23.7 Å². The smallest absolute Gasteiger partial charge is 0.390 e. The lowest BCUT2D eigenvalue weighted by atomic mass is 10.1. The van der Waals surface area contributed by atoms with Crippen LogP contribution in [0.15, 0.2) is 47.4 Å². The molecule has 1 N–H and O–H groups in total. The number of alkyl halides is 4. The fraction of sp³-hybridized carbons (Fsp3) is 0.312. The number of halogens is 4. The van der Waals surface area contributed by atoms with E-state index in [4.69, 9.17) is 0 Å². The summed E-state index contributed by atoms with van der Waals surface area (Å²) in [5.74, 6) is -0.665. The highest BCUT2D eigenvalue weighted by molar-refractivity contribution is 8.03. The van der Waals surface area contributed by atoms with Gasteiger partial charge in [0.1, 0.15) is 5.75 Å². The van der Waals surface area contributed by atoms with Gasteiger partial charge in [-0.05, 0) is 23.8 Å². The van der Waals surface area contributed by atoms with Gasteiger partial charge in [-0.1, -0.05) is 24.3 Å². The molecule has 0 saturated heterocycles. The Hall–Kier alpha value is -1.76. The highest BCUT2D eigenvalue weighted by atomic mass is 32.2. The number of carbonyl (C=O) groups excluding carboxylic acids is 1. The molecular weight excluding hydrogens is 332 g/mol. The predicted molar refractivity (Wildman–Crippen MR) is 80.9 cm³/mol. The number of rotatable bonds is 4. The minimum absolute atomic E-state index is 0.0486. The zero-order valence-corrected chi connectivity index (χ0v) is 12.7. The van der Waals surface area contributed by atoms with Crippen molar-refractivity contribution in [3.63, 3.8) is 0 Å². The van der Waals surface area contributed by atoms with Crippen molar-refractivity contribution >= 4 is 17.5 Å². The maximum absolute atomic E-state index is 13.6. The average molecular weight is 346 g/mol. The number of ketones is 1. The number of aromatic hydroxyl groups is 1. The Morgan fingerprint density at radius 2 is 1.91 bits per heavy atom. The summed E-state index contributed by atoms with van der Waals surface area (Å²) in [5, 5.41) is 8.26. The third-order valence-electron chi connectivity index (χ3n) is 3.18. The summed E-state index contributed by atoms with van der Waals surface area (Å²) in [6, 6.07) is 5.41. The first-order valence-electron chi connectivity index (χ1n) is 6.82. The van der Waals surface area contributed by atoms with Gasteiger partial charge in [-0.2, -0.15) is 13.2 Å². The standard InChI is InChI=1S/C16H14F4O2S/c17-13-8-12(2-1-3-14(13)22)23-15(9-16(18,19)20)10-4-6-11(21)7-5-10/h1-2,4-8,13,15,21H,3,9H2. The van der Waals surface area contributed by atoms with Gasteiger partial charge in [-0.15, -0.1) is 11.8 Å². The third-order valence-corrected chi connectivity index (χ3v) is 4.45. The quantitative estimate of drug-likeness (QED) is 0.791. The molecule has 0 radical (unpaired) electrons. The number of Topliss-reactive ketones (excluding diaryl/α,β-unsaturated/α-hetero) is 1. The first-order valence-corrected chi connectivity index (χ1v) is 7.70. The Bertz CT molecular complexity index is 620. The Balaban J connectivity index is 2.25. The number of hydrogen-bond donors (Lipinski definition) is 1. The minimum Gasteiger partial charge on any atom is -0.508 e. The van der Waals surface area contributed by atoms with Crippen LogP contribution in [0.25, 0.3) is 0 Å². The maximum Gasteiger partial charge on any atom is 0.390 e. The number of phenolic OH excluding ortho intramolecular Hbond substituents is 1. The Labute approximate surface area is 134 Å². The molecule has 0 amide bonds. The van der Waals surface area contributed by atoms with E-state index in [0.717, 1.165) is 17.8 Å². The number of phenols is 1. The van der Waals surface area contributed by atoms with Crippen LogP contribution >= 0.6 is 11.8 Å². The molecule has 0 bridgehead atoms. The number of benzene rings is 1. The van der Waals surface area contributed by atoms with Crippen molar-refractivity contribution in [2.75, 3.05) is 0 Å². The topological polar surface area (TPSA) is 37.3 Å². The lowest BCUT2D eigenvalue weighted by Crippen LogP contribution is -2.13. The van der Waals surface area contributed by atoms with Gasteiger partial charge in [-0.25, -0.2) is 4.39 Å². The van der Waals surface area contributed by atoms with E-state index < -0.39 is 29.8 Å². The second kappa shape index (κ2) is 7.21. The molecule has 1 aromatic rings. The van der Waals surface area contributed by atoms with E-state index >= 15 is 0 Å². The van der Waals surface area contributed by atoms with E-state index in [1.54, 1.807) is 0 Å². The summed E-state index contributed by atoms with van der Waals surface area (Å²) < 4.78 is 52.0. The highest BCUT2D eigenvalue weighted by Gasteiger charge is 2.33. The van der Waals surface area contributed by atoms with Crippen LogP contribution in [-0.2, 0) is 4.79 Å². The van der Waals surface area contributed by atoms with Crippen molar-refractivity contribution in [3.05, 3.63) is 53.0 Å². The van der Waals surface area contributed by atoms with Crippen LogP contribution in [0, 0.1) is 0 Å². The first-order chi connectivity index (χ1) is 10.7. The molecule has 0 aromatic heterocycles. The molecular formula is C16H14F4O2S. The van der Waals surface area contributed by atoms with Crippen LogP contribution < -0.4 is 0 Å². The summed E-state index contributed by atoms with van der Waals surface area (Å²) >= 11 is 0.851. The van der Waals surface area contributed by atoms with Gasteiger partial charge < -0.3 is 5.11 Å². The molecule has 1 aliphatic rings.